The summed E-state index contributed by atoms with van der Waals surface area (Å²) < 4.78 is 5.67. The summed E-state index contributed by atoms with van der Waals surface area (Å²) in [5, 5.41) is 3.32. The van der Waals surface area contributed by atoms with Crippen LogP contribution in [0.25, 0.3) is 0 Å². The van der Waals surface area contributed by atoms with Gasteiger partial charge in [0.05, 0.1) is 12.7 Å². The number of nitrogen functional groups attached to an aromatic ring is 1. The average Bonchev–Trinajstić information content (AvgIpc) is 2.37. The van der Waals surface area contributed by atoms with Crippen molar-refractivity contribution in [3.05, 3.63) is 18.3 Å². The minimum atomic E-state index is 0.233. The van der Waals surface area contributed by atoms with Crippen LogP contribution >= 0.6 is 0 Å². The maximum atomic E-state index is 5.67. The summed E-state index contributed by atoms with van der Waals surface area (Å²) in [6.07, 6.45) is 1.95. The molecule has 0 radical (unpaired) electrons. The van der Waals surface area contributed by atoms with Gasteiger partial charge in [-0.05, 0) is 13.1 Å². The molecule has 1 aromatic heterocycles. The van der Waals surface area contributed by atoms with Crippen molar-refractivity contribution in [3.63, 3.8) is 0 Å². The molecule has 1 fully saturated rings. The molecule has 0 spiro atoms. The molecule has 0 saturated carbocycles. The third-order valence-corrected chi connectivity index (χ3v) is 2.78. The number of anilines is 2. The van der Waals surface area contributed by atoms with Crippen LogP contribution in [0.15, 0.2) is 18.3 Å². The van der Waals surface area contributed by atoms with Gasteiger partial charge in [0.15, 0.2) is 0 Å². The van der Waals surface area contributed by atoms with Crippen molar-refractivity contribution >= 4 is 11.5 Å². The van der Waals surface area contributed by atoms with Gasteiger partial charge in [-0.3, -0.25) is 0 Å². The highest BCUT2D eigenvalue weighted by molar-refractivity contribution is 5.51. The van der Waals surface area contributed by atoms with Crippen LogP contribution in [0, 0.1) is 0 Å². The normalized spacial score (nSPS) is 21.2. The first-order valence-electron chi connectivity index (χ1n) is 5.74. The second kappa shape index (κ2) is 5.81. The maximum absolute atomic E-state index is 5.67. The molecule has 0 amide bonds. The topological polar surface area (TPSA) is 75.4 Å². The van der Waals surface area contributed by atoms with E-state index in [1.165, 1.54) is 0 Å². The molecule has 0 aromatic carbocycles. The number of rotatable bonds is 4. The van der Waals surface area contributed by atoms with Gasteiger partial charge in [-0.1, -0.05) is 0 Å². The van der Waals surface area contributed by atoms with E-state index in [9.17, 15) is 0 Å². The van der Waals surface area contributed by atoms with Crippen molar-refractivity contribution in [1.29, 1.82) is 0 Å². The molecule has 1 saturated heterocycles. The molecule has 1 aliphatic rings. The Morgan fingerprint density at radius 3 is 3.29 bits per heavy atom. The van der Waals surface area contributed by atoms with Gasteiger partial charge in [0.25, 0.3) is 0 Å². The third-order valence-electron chi connectivity index (χ3n) is 2.78. The lowest BCUT2D eigenvalue weighted by Crippen LogP contribution is -2.43. The highest BCUT2D eigenvalue weighted by Crippen LogP contribution is 2.11. The summed E-state index contributed by atoms with van der Waals surface area (Å²) in [5.74, 6) is 5.95. The minimum Gasteiger partial charge on any atom is -0.382 e. The second-order valence-electron chi connectivity index (χ2n) is 4.21. The Morgan fingerprint density at radius 1 is 1.65 bits per heavy atom. The number of nitrogens with two attached hydrogens (primary N) is 1. The van der Waals surface area contributed by atoms with Crippen LogP contribution in [0.5, 0.6) is 0 Å². The van der Waals surface area contributed by atoms with E-state index in [4.69, 9.17) is 10.6 Å². The first-order chi connectivity index (χ1) is 8.28. The molecule has 0 bridgehead atoms. The molecular weight excluding hydrogens is 218 g/mol. The summed E-state index contributed by atoms with van der Waals surface area (Å²) >= 11 is 0. The van der Waals surface area contributed by atoms with Crippen molar-refractivity contribution in [1.82, 2.24) is 9.88 Å². The van der Waals surface area contributed by atoms with Crippen LogP contribution in [0.4, 0.5) is 11.5 Å². The Labute approximate surface area is 101 Å². The van der Waals surface area contributed by atoms with E-state index in [1.54, 1.807) is 6.20 Å². The van der Waals surface area contributed by atoms with Gasteiger partial charge >= 0.3 is 0 Å². The Kier molecular flexibility index (Phi) is 4.13. The molecule has 1 aromatic rings. The largest absolute Gasteiger partial charge is 0.382 e. The monoisotopic (exact) mass is 237 g/mol. The fourth-order valence-electron chi connectivity index (χ4n) is 1.84. The van der Waals surface area contributed by atoms with Crippen LogP contribution in [0.1, 0.15) is 0 Å². The highest BCUT2D eigenvalue weighted by atomic mass is 16.5. The summed E-state index contributed by atoms with van der Waals surface area (Å²) in [4.78, 5) is 6.32. The lowest BCUT2D eigenvalue weighted by Gasteiger charge is -2.30. The predicted octanol–water partition coefficient (Wildman–Crippen LogP) is 0.110. The molecule has 1 aliphatic heterocycles. The molecule has 17 heavy (non-hydrogen) atoms. The van der Waals surface area contributed by atoms with E-state index in [0.717, 1.165) is 31.9 Å². The number of hydrogen-bond acceptors (Lipinski definition) is 6. The quantitative estimate of drug-likeness (QED) is 0.510. The van der Waals surface area contributed by atoms with E-state index >= 15 is 0 Å². The van der Waals surface area contributed by atoms with Gasteiger partial charge in [0.2, 0.25) is 0 Å². The van der Waals surface area contributed by atoms with Crippen LogP contribution in [-0.2, 0) is 4.74 Å². The predicted molar refractivity (Wildman–Crippen MR) is 67.8 cm³/mol. The van der Waals surface area contributed by atoms with Crippen LogP contribution < -0.4 is 16.6 Å². The molecule has 2 heterocycles. The van der Waals surface area contributed by atoms with E-state index in [1.807, 2.05) is 12.1 Å². The molecular formula is C11H19N5O. The maximum Gasteiger partial charge on any atom is 0.141 e. The van der Waals surface area contributed by atoms with Gasteiger partial charge in [0, 0.05) is 37.6 Å². The molecule has 94 valence electrons. The van der Waals surface area contributed by atoms with Gasteiger partial charge in [0.1, 0.15) is 5.82 Å². The molecule has 2 rings (SSSR count). The third kappa shape index (κ3) is 3.55. The number of hydrazine groups is 1. The molecule has 6 heteroatoms. The molecule has 0 aliphatic carbocycles. The van der Waals surface area contributed by atoms with Crippen LogP contribution in [0.2, 0.25) is 0 Å². The smallest absolute Gasteiger partial charge is 0.141 e. The zero-order valence-electron chi connectivity index (χ0n) is 10.0. The fraction of sp³-hybridized carbons (Fsp3) is 0.545. The minimum absolute atomic E-state index is 0.233. The zero-order chi connectivity index (χ0) is 12.1. The summed E-state index contributed by atoms with van der Waals surface area (Å²) in [7, 11) is 2.11. The average molecular weight is 237 g/mol. The number of ether oxygens (including phenoxy) is 1. The Bertz CT molecular complexity index is 359. The summed E-state index contributed by atoms with van der Waals surface area (Å²) in [5.41, 5.74) is 3.51. The SMILES string of the molecule is CN1CCOC(CNc2ccnc(NN)c2)C1. The first-order valence-corrected chi connectivity index (χ1v) is 5.74. The molecule has 1 atom stereocenters. The number of nitrogens with one attached hydrogen (secondary N) is 2. The van der Waals surface area contributed by atoms with Gasteiger partial charge in [-0.25, -0.2) is 10.8 Å². The Balaban J connectivity index is 1.84. The first kappa shape index (κ1) is 12.1. The van der Waals surface area contributed by atoms with E-state index < -0.39 is 0 Å². The zero-order valence-corrected chi connectivity index (χ0v) is 10.0. The Hall–Kier alpha value is -1.37. The van der Waals surface area contributed by atoms with Gasteiger partial charge < -0.3 is 20.4 Å². The number of aromatic nitrogens is 1. The van der Waals surface area contributed by atoms with E-state index in [-0.39, 0.29) is 6.10 Å². The number of morpholine rings is 1. The number of likely N-dealkylation sites (N-methyl/N-ethyl adjacent to an activating group) is 1. The number of nitrogens with zero attached hydrogens (tertiary/aromatic N) is 2. The van der Waals surface area contributed by atoms with Crippen molar-refractivity contribution in [3.8, 4) is 0 Å². The molecule has 1 unspecified atom stereocenters. The summed E-state index contributed by atoms with van der Waals surface area (Å²) in [6.45, 7) is 3.56. The number of hydrogen-bond donors (Lipinski definition) is 3. The van der Waals surface area contributed by atoms with Crippen LogP contribution in [-0.4, -0.2) is 49.3 Å². The van der Waals surface area contributed by atoms with E-state index in [0.29, 0.717) is 5.82 Å². The number of pyridine rings is 1. The Morgan fingerprint density at radius 2 is 2.53 bits per heavy atom. The summed E-state index contributed by atoms with van der Waals surface area (Å²) in [6, 6.07) is 3.78. The van der Waals surface area contributed by atoms with Crippen molar-refractivity contribution in [2.45, 2.75) is 6.10 Å². The fourth-order valence-corrected chi connectivity index (χ4v) is 1.84. The van der Waals surface area contributed by atoms with Crippen molar-refractivity contribution < 1.29 is 4.74 Å². The second-order valence-corrected chi connectivity index (χ2v) is 4.21. The molecule has 6 nitrogen and oxygen atoms in total. The van der Waals surface area contributed by atoms with Gasteiger partial charge in [-0.2, -0.15) is 0 Å². The highest BCUT2D eigenvalue weighted by Gasteiger charge is 2.17. The van der Waals surface area contributed by atoms with Gasteiger partial charge in [-0.15, -0.1) is 0 Å². The lowest BCUT2D eigenvalue weighted by atomic mass is 10.2. The lowest BCUT2D eigenvalue weighted by molar-refractivity contribution is -0.0117. The van der Waals surface area contributed by atoms with E-state index in [2.05, 4.69) is 27.7 Å². The van der Waals surface area contributed by atoms with Crippen molar-refractivity contribution in [2.75, 3.05) is 44.0 Å². The standard InChI is InChI=1S/C11H19N5O/c1-16-4-5-17-10(8-16)7-14-9-2-3-13-11(6-9)15-12/h2-3,6,10H,4-5,7-8,12H2,1H3,(H2,13,14,15). The van der Waals surface area contributed by atoms with Crippen LogP contribution in [0.3, 0.4) is 0 Å². The molecule has 4 N–H and O–H groups in total. The van der Waals surface area contributed by atoms with Crippen molar-refractivity contribution in [2.24, 2.45) is 5.84 Å².